The highest BCUT2D eigenvalue weighted by Gasteiger charge is 2.38. The van der Waals surface area contributed by atoms with E-state index in [0.29, 0.717) is 26.1 Å². The maximum Gasteiger partial charge on any atom is 0.222 e. The van der Waals surface area contributed by atoms with Gasteiger partial charge < -0.3 is 9.80 Å². The van der Waals surface area contributed by atoms with E-state index in [9.17, 15) is 13.2 Å². The molecule has 28 heavy (non-hydrogen) atoms. The van der Waals surface area contributed by atoms with Crippen molar-refractivity contribution in [1.82, 2.24) is 14.1 Å². The lowest BCUT2D eigenvalue weighted by atomic mass is 10.1. The molecule has 2 aliphatic heterocycles. The van der Waals surface area contributed by atoms with E-state index in [1.807, 2.05) is 18.2 Å². The minimum absolute atomic E-state index is 0.0714. The van der Waals surface area contributed by atoms with Gasteiger partial charge in [0.25, 0.3) is 0 Å². The summed E-state index contributed by atoms with van der Waals surface area (Å²) in [6.45, 7) is 4.49. The van der Waals surface area contributed by atoms with E-state index >= 15 is 0 Å². The summed E-state index contributed by atoms with van der Waals surface area (Å²) in [5, 5.41) is 0. The highest BCUT2D eigenvalue weighted by molar-refractivity contribution is 7.88. The van der Waals surface area contributed by atoms with Gasteiger partial charge in [0.1, 0.15) is 0 Å². The van der Waals surface area contributed by atoms with Crippen molar-refractivity contribution in [3.8, 4) is 0 Å². The quantitative estimate of drug-likeness (QED) is 0.628. The second-order valence-electron chi connectivity index (χ2n) is 8.07. The number of hydrogen-bond acceptors (Lipinski definition) is 4. The van der Waals surface area contributed by atoms with Crippen LogP contribution in [-0.4, -0.2) is 80.0 Å². The predicted molar refractivity (Wildman–Crippen MR) is 112 cm³/mol. The molecule has 0 unspecified atom stereocenters. The van der Waals surface area contributed by atoms with Crippen LogP contribution in [0.3, 0.4) is 0 Å². The number of carbonyl (C=O) groups is 1. The fourth-order valence-corrected chi connectivity index (χ4v) is 5.22. The number of piperidine rings is 1. The van der Waals surface area contributed by atoms with Crippen molar-refractivity contribution in [2.75, 3.05) is 45.5 Å². The molecule has 2 aliphatic rings. The summed E-state index contributed by atoms with van der Waals surface area (Å²) in [5.41, 5.74) is 1.25. The molecular formula is C21H33N3O3S. The summed E-state index contributed by atoms with van der Waals surface area (Å²) in [6.07, 6.45) is 7.21. The van der Waals surface area contributed by atoms with Crippen LogP contribution in [0, 0.1) is 0 Å². The molecule has 7 heteroatoms. The smallest absolute Gasteiger partial charge is 0.222 e. The van der Waals surface area contributed by atoms with Crippen molar-refractivity contribution >= 4 is 15.9 Å². The molecule has 0 saturated carbocycles. The third kappa shape index (κ3) is 6.03. The maximum absolute atomic E-state index is 12.4. The van der Waals surface area contributed by atoms with Gasteiger partial charge in [-0.2, -0.15) is 4.31 Å². The molecule has 0 spiro atoms. The van der Waals surface area contributed by atoms with E-state index in [4.69, 9.17) is 0 Å². The van der Waals surface area contributed by atoms with Gasteiger partial charge >= 0.3 is 0 Å². The van der Waals surface area contributed by atoms with Crippen molar-refractivity contribution in [3.05, 3.63) is 35.9 Å². The van der Waals surface area contributed by atoms with Crippen LogP contribution in [0.4, 0.5) is 0 Å². The van der Waals surface area contributed by atoms with Crippen LogP contribution < -0.4 is 0 Å². The van der Waals surface area contributed by atoms with Gasteiger partial charge in [-0.1, -0.05) is 36.8 Å². The second kappa shape index (κ2) is 9.85. The zero-order valence-corrected chi connectivity index (χ0v) is 17.7. The highest BCUT2D eigenvalue weighted by atomic mass is 32.2. The highest BCUT2D eigenvalue weighted by Crippen LogP contribution is 2.20. The Bertz CT molecular complexity index is 727. The molecule has 0 bridgehead atoms. The third-order valence-corrected chi connectivity index (χ3v) is 7.17. The van der Waals surface area contributed by atoms with Gasteiger partial charge in [-0.05, 0) is 44.3 Å². The Hall–Kier alpha value is -1.44. The molecule has 1 aromatic rings. The first-order valence-corrected chi connectivity index (χ1v) is 12.3. The number of carbonyl (C=O) groups excluding carboxylic acids is 1. The van der Waals surface area contributed by atoms with Crippen LogP contribution in [0.2, 0.25) is 0 Å². The summed E-state index contributed by atoms with van der Waals surface area (Å²) in [4.78, 5) is 16.5. The zero-order valence-electron chi connectivity index (χ0n) is 16.9. The third-order valence-electron chi connectivity index (χ3n) is 5.83. The molecular weight excluding hydrogens is 374 g/mol. The van der Waals surface area contributed by atoms with E-state index in [1.165, 1.54) is 31.1 Å². The van der Waals surface area contributed by atoms with E-state index < -0.39 is 10.0 Å². The monoisotopic (exact) mass is 407 g/mol. The van der Waals surface area contributed by atoms with Crippen LogP contribution in [-0.2, 0) is 21.2 Å². The normalized spacial score (nSPS) is 19.0. The van der Waals surface area contributed by atoms with Crippen molar-refractivity contribution in [3.63, 3.8) is 0 Å². The minimum Gasteiger partial charge on any atom is -0.339 e. The van der Waals surface area contributed by atoms with Crippen molar-refractivity contribution in [2.24, 2.45) is 0 Å². The lowest BCUT2D eigenvalue weighted by Gasteiger charge is -2.44. The predicted octanol–water partition coefficient (Wildman–Crippen LogP) is 1.97. The van der Waals surface area contributed by atoms with Gasteiger partial charge in [0.05, 0.1) is 12.3 Å². The van der Waals surface area contributed by atoms with Crippen LogP contribution in [0.15, 0.2) is 30.3 Å². The number of amides is 1. The summed E-state index contributed by atoms with van der Waals surface area (Å²) in [6, 6.07) is 10.1. The van der Waals surface area contributed by atoms with E-state index in [0.717, 1.165) is 32.5 Å². The van der Waals surface area contributed by atoms with Crippen LogP contribution in [0.5, 0.6) is 0 Å². The van der Waals surface area contributed by atoms with Gasteiger partial charge in [0, 0.05) is 32.6 Å². The van der Waals surface area contributed by atoms with Crippen LogP contribution in [0.1, 0.15) is 37.7 Å². The number of likely N-dealkylation sites (tertiary alicyclic amines) is 2. The molecule has 6 nitrogen and oxygen atoms in total. The molecule has 2 saturated heterocycles. The topological polar surface area (TPSA) is 60.9 Å². The summed E-state index contributed by atoms with van der Waals surface area (Å²) >= 11 is 0. The first-order chi connectivity index (χ1) is 13.4. The average Bonchev–Trinajstić information content (AvgIpc) is 2.64. The average molecular weight is 408 g/mol. The Kier molecular flexibility index (Phi) is 7.48. The largest absolute Gasteiger partial charge is 0.339 e. The van der Waals surface area contributed by atoms with Crippen molar-refractivity contribution in [1.29, 1.82) is 0 Å². The Labute approximate surface area is 169 Å². The molecule has 1 amide bonds. The lowest BCUT2D eigenvalue weighted by Crippen LogP contribution is -2.62. The first kappa shape index (κ1) is 21.3. The molecule has 0 atom stereocenters. The van der Waals surface area contributed by atoms with E-state index in [2.05, 4.69) is 17.0 Å². The summed E-state index contributed by atoms with van der Waals surface area (Å²) in [7, 11) is -3.26. The number of rotatable bonds is 9. The Morgan fingerprint density at radius 1 is 1.11 bits per heavy atom. The van der Waals surface area contributed by atoms with Crippen LogP contribution in [0.25, 0.3) is 0 Å². The number of sulfonamides is 1. The van der Waals surface area contributed by atoms with Gasteiger partial charge in [-0.15, -0.1) is 0 Å². The maximum atomic E-state index is 12.4. The molecule has 0 radical (unpaired) electrons. The van der Waals surface area contributed by atoms with E-state index in [1.54, 1.807) is 9.21 Å². The number of hydrogen-bond donors (Lipinski definition) is 0. The van der Waals surface area contributed by atoms with Crippen molar-refractivity contribution in [2.45, 2.75) is 44.6 Å². The number of aryl methyl sites for hydroxylation is 1. The molecule has 2 fully saturated rings. The fourth-order valence-electron chi connectivity index (χ4n) is 4.13. The standard InChI is InChI=1S/C21H33N3O3S/c1-28(26,27)24(16-15-22-13-6-3-7-14-22)20-17-23(18-20)21(25)12-8-11-19-9-4-2-5-10-19/h2,4-5,9-10,20H,3,6-8,11-18H2,1H3. The fraction of sp³-hybridized carbons (Fsp3) is 0.667. The lowest BCUT2D eigenvalue weighted by molar-refractivity contribution is -0.137. The SMILES string of the molecule is CS(=O)(=O)N(CCN1CCCCC1)C1CN(C(=O)CCCc2ccccc2)C1. The van der Waals surface area contributed by atoms with Gasteiger partial charge in [-0.3, -0.25) is 4.79 Å². The molecule has 0 aromatic heterocycles. The minimum atomic E-state index is -3.26. The van der Waals surface area contributed by atoms with Crippen molar-refractivity contribution < 1.29 is 13.2 Å². The summed E-state index contributed by atoms with van der Waals surface area (Å²) < 4.78 is 26.1. The second-order valence-corrected chi connectivity index (χ2v) is 10.0. The van der Waals surface area contributed by atoms with Crippen LogP contribution >= 0.6 is 0 Å². The Morgan fingerprint density at radius 2 is 1.79 bits per heavy atom. The molecule has 0 N–H and O–H groups in total. The Balaban J connectivity index is 1.41. The summed E-state index contributed by atoms with van der Waals surface area (Å²) in [5.74, 6) is 0.136. The van der Waals surface area contributed by atoms with Gasteiger partial charge in [-0.25, -0.2) is 8.42 Å². The van der Waals surface area contributed by atoms with Gasteiger partial charge in [0.2, 0.25) is 15.9 Å². The zero-order chi connectivity index (χ0) is 20.0. The number of benzene rings is 1. The Morgan fingerprint density at radius 3 is 2.43 bits per heavy atom. The van der Waals surface area contributed by atoms with Gasteiger partial charge in [0.15, 0.2) is 0 Å². The molecule has 1 aromatic carbocycles. The molecule has 0 aliphatic carbocycles. The number of nitrogens with zero attached hydrogens (tertiary/aromatic N) is 3. The first-order valence-electron chi connectivity index (χ1n) is 10.4. The molecule has 156 valence electrons. The molecule has 3 rings (SSSR count). The molecule has 2 heterocycles. The van der Waals surface area contributed by atoms with E-state index in [-0.39, 0.29) is 11.9 Å².